The van der Waals surface area contributed by atoms with Crippen molar-refractivity contribution >= 4 is 12.1 Å². The van der Waals surface area contributed by atoms with Crippen LogP contribution in [0, 0.1) is 5.92 Å². The molecule has 1 aliphatic heterocycles. The number of carboxylic acids is 1. The number of hydrogen-bond acceptors (Lipinski definition) is 3. The first-order valence-corrected chi connectivity index (χ1v) is 5.34. The number of carbonyl (C=O) groups is 2. The summed E-state index contributed by atoms with van der Waals surface area (Å²) in [5, 5.41) is 21.1. The minimum atomic E-state index is -1.13. The maximum absolute atomic E-state index is 11.3. The molecular formula is C10H18N2O4. The molecule has 0 aliphatic carbocycles. The van der Waals surface area contributed by atoms with E-state index in [1.54, 1.807) is 0 Å². The molecule has 6 heteroatoms. The lowest BCUT2D eigenvalue weighted by molar-refractivity contribution is -0.147. The van der Waals surface area contributed by atoms with Gasteiger partial charge in [-0.05, 0) is 12.3 Å². The minimum absolute atomic E-state index is 0.00977. The second-order valence-corrected chi connectivity index (χ2v) is 4.62. The molecule has 0 bridgehead atoms. The Bertz CT molecular complexity index is 293. The number of rotatable bonds is 3. The average molecular weight is 230 g/mol. The fourth-order valence-electron chi connectivity index (χ4n) is 2.12. The molecular weight excluding hydrogens is 212 g/mol. The van der Waals surface area contributed by atoms with Gasteiger partial charge in [0.25, 0.3) is 0 Å². The third-order valence-corrected chi connectivity index (χ3v) is 2.74. The SMILES string of the molecule is CC(C)CC1(C(=O)O)CN(C(=O)O)CCN1. The molecule has 0 radical (unpaired) electrons. The van der Waals surface area contributed by atoms with Gasteiger partial charge in [-0.15, -0.1) is 0 Å². The summed E-state index contributed by atoms with van der Waals surface area (Å²) in [6.45, 7) is 4.57. The lowest BCUT2D eigenvalue weighted by Crippen LogP contribution is -2.65. The Morgan fingerprint density at radius 2 is 2.06 bits per heavy atom. The van der Waals surface area contributed by atoms with E-state index in [4.69, 9.17) is 5.11 Å². The maximum atomic E-state index is 11.3. The molecule has 0 aromatic rings. The van der Waals surface area contributed by atoms with Crippen molar-refractivity contribution in [3.63, 3.8) is 0 Å². The van der Waals surface area contributed by atoms with Crippen molar-refractivity contribution in [2.24, 2.45) is 5.92 Å². The molecule has 1 atom stereocenters. The quantitative estimate of drug-likeness (QED) is 0.654. The first-order valence-electron chi connectivity index (χ1n) is 5.34. The van der Waals surface area contributed by atoms with E-state index >= 15 is 0 Å². The van der Waals surface area contributed by atoms with E-state index in [0.717, 1.165) is 4.90 Å². The predicted molar refractivity (Wildman–Crippen MR) is 57.4 cm³/mol. The van der Waals surface area contributed by atoms with Crippen LogP contribution in [0.15, 0.2) is 0 Å². The first-order chi connectivity index (χ1) is 7.37. The molecule has 1 rings (SSSR count). The monoisotopic (exact) mass is 230 g/mol. The van der Waals surface area contributed by atoms with Crippen molar-refractivity contribution in [3.05, 3.63) is 0 Å². The standard InChI is InChI=1S/C10H18N2O4/c1-7(2)5-10(8(13)14)6-12(9(15)16)4-3-11-10/h7,11H,3-6H2,1-2H3,(H,13,14)(H,15,16). The molecule has 1 aliphatic rings. The van der Waals surface area contributed by atoms with Gasteiger partial charge in [-0.2, -0.15) is 0 Å². The molecule has 0 spiro atoms. The molecule has 0 aromatic carbocycles. The van der Waals surface area contributed by atoms with E-state index in [9.17, 15) is 14.7 Å². The highest BCUT2D eigenvalue weighted by Crippen LogP contribution is 2.21. The van der Waals surface area contributed by atoms with Gasteiger partial charge >= 0.3 is 12.1 Å². The Kier molecular flexibility index (Phi) is 3.74. The van der Waals surface area contributed by atoms with Gasteiger partial charge in [0.15, 0.2) is 0 Å². The van der Waals surface area contributed by atoms with Gasteiger partial charge in [0, 0.05) is 13.1 Å². The van der Waals surface area contributed by atoms with Crippen molar-refractivity contribution in [3.8, 4) is 0 Å². The van der Waals surface area contributed by atoms with Gasteiger partial charge in [-0.3, -0.25) is 10.1 Å². The van der Waals surface area contributed by atoms with Gasteiger partial charge in [0.2, 0.25) is 0 Å². The number of nitrogens with zero attached hydrogens (tertiary/aromatic N) is 1. The molecule has 1 unspecified atom stereocenters. The fourth-order valence-corrected chi connectivity index (χ4v) is 2.12. The predicted octanol–water partition coefficient (Wildman–Crippen LogP) is 0.439. The average Bonchev–Trinajstić information content (AvgIpc) is 2.16. The second kappa shape index (κ2) is 4.69. The Morgan fingerprint density at radius 1 is 1.44 bits per heavy atom. The third-order valence-electron chi connectivity index (χ3n) is 2.74. The topological polar surface area (TPSA) is 89.9 Å². The summed E-state index contributed by atoms with van der Waals surface area (Å²) in [6.07, 6.45) is -0.637. The molecule has 1 amide bonds. The van der Waals surface area contributed by atoms with Gasteiger partial charge in [-0.25, -0.2) is 4.79 Å². The maximum Gasteiger partial charge on any atom is 0.407 e. The lowest BCUT2D eigenvalue weighted by atomic mass is 9.87. The molecule has 16 heavy (non-hydrogen) atoms. The van der Waals surface area contributed by atoms with Gasteiger partial charge < -0.3 is 15.1 Å². The van der Waals surface area contributed by atoms with Gasteiger partial charge in [0.1, 0.15) is 5.54 Å². The van der Waals surface area contributed by atoms with E-state index in [2.05, 4.69) is 5.32 Å². The van der Waals surface area contributed by atoms with Crippen LogP contribution in [0.4, 0.5) is 4.79 Å². The zero-order valence-corrected chi connectivity index (χ0v) is 9.56. The zero-order valence-electron chi connectivity index (χ0n) is 9.56. The van der Waals surface area contributed by atoms with Crippen LogP contribution in [0.2, 0.25) is 0 Å². The molecule has 6 nitrogen and oxygen atoms in total. The highest BCUT2D eigenvalue weighted by atomic mass is 16.4. The van der Waals surface area contributed by atoms with Crippen LogP contribution in [0.3, 0.4) is 0 Å². The van der Waals surface area contributed by atoms with Crippen LogP contribution in [-0.2, 0) is 4.79 Å². The molecule has 1 heterocycles. The summed E-state index contributed by atoms with van der Waals surface area (Å²) >= 11 is 0. The zero-order chi connectivity index (χ0) is 12.3. The molecule has 0 aromatic heterocycles. The van der Waals surface area contributed by atoms with E-state index in [1.165, 1.54) is 0 Å². The number of aliphatic carboxylic acids is 1. The summed E-state index contributed by atoms with van der Waals surface area (Å²) < 4.78 is 0. The molecule has 1 fully saturated rings. The smallest absolute Gasteiger partial charge is 0.407 e. The summed E-state index contributed by atoms with van der Waals surface area (Å²) in [5.41, 5.74) is -1.13. The van der Waals surface area contributed by atoms with Crippen molar-refractivity contribution in [1.29, 1.82) is 0 Å². The lowest BCUT2D eigenvalue weighted by Gasteiger charge is -2.40. The van der Waals surface area contributed by atoms with Gasteiger partial charge in [0.05, 0.1) is 6.54 Å². The fraction of sp³-hybridized carbons (Fsp3) is 0.800. The Labute approximate surface area is 94.2 Å². The van der Waals surface area contributed by atoms with Crippen molar-refractivity contribution in [2.45, 2.75) is 25.8 Å². The van der Waals surface area contributed by atoms with E-state index in [0.29, 0.717) is 19.5 Å². The van der Waals surface area contributed by atoms with Crippen LogP contribution in [0.1, 0.15) is 20.3 Å². The summed E-state index contributed by atoms with van der Waals surface area (Å²) in [7, 11) is 0. The number of piperazine rings is 1. The molecule has 1 saturated heterocycles. The summed E-state index contributed by atoms with van der Waals surface area (Å²) in [6, 6.07) is 0. The number of nitrogens with one attached hydrogen (secondary N) is 1. The van der Waals surface area contributed by atoms with Crippen LogP contribution < -0.4 is 5.32 Å². The van der Waals surface area contributed by atoms with E-state index < -0.39 is 17.6 Å². The summed E-state index contributed by atoms with van der Waals surface area (Å²) in [4.78, 5) is 23.3. The van der Waals surface area contributed by atoms with Crippen molar-refractivity contribution in [2.75, 3.05) is 19.6 Å². The minimum Gasteiger partial charge on any atom is -0.480 e. The number of carboxylic acid groups (broad SMARTS) is 2. The van der Waals surface area contributed by atoms with Crippen molar-refractivity contribution in [1.82, 2.24) is 10.2 Å². The number of hydrogen-bond donors (Lipinski definition) is 3. The largest absolute Gasteiger partial charge is 0.480 e. The Hall–Kier alpha value is -1.30. The van der Waals surface area contributed by atoms with Crippen LogP contribution in [0.25, 0.3) is 0 Å². The van der Waals surface area contributed by atoms with E-state index in [1.807, 2.05) is 13.8 Å². The Balaban J connectivity index is 2.84. The third kappa shape index (κ3) is 2.63. The van der Waals surface area contributed by atoms with E-state index in [-0.39, 0.29) is 12.5 Å². The highest BCUT2D eigenvalue weighted by molar-refractivity contribution is 5.80. The number of amides is 1. The first kappa shape index (κ1) is 12.8. The van der Waals surface area contributed by atoms with Crippen molar-refractivity contribution < 1.29 is 19.8 Å². The molecule has 92 valence electrons. The Morgan fingerprint density at radius 3 is 2.50 bits per heavy atom. The summed E-state index contributed by atoms with van der Waals surface area (Å²) in [5.74, 6) is -0.788. The molecule has 3 N–H and O–H groups in total. The molecule has 0 saturated carbocycles. The van der Waals surface area contributed by atoms with Crippen LogP contribution >= 0.6 is 0 Å². The highest BCUT2D eigenvalue weighted by Gasteiger charge is 2.43. The van der Waals surface area contributed by atoms with Crippen LogP contribution in [-0.4, -0.2) is 52.3 Å². The normalized spacial score (nSPS) is 25.8. The second-order valence-electron chi connectivity index (χ2n) is 4.62. The van der Waals surface area contributed by atoms with Gasteiger partial charge in [-0.1, -0.05) is 13.8 Å². The van der Waals surface area contributed by atoms with Crippen LogP contribution in [0.5, 0.6) is 0 Å².